The Kier molecular flexibility index (Phi) is 5.54. The molecule has 178 valence electrons. The van der Waals surface area contributed by atoms with Crippen LogP contribution in [0.5, 0.6) is 0 Å². The van der Waals surface area contributed by atoms with Gasteiger partial charge in [0.1, 0.15) is 16.9 Å². The first-order chi connectivity index (χ1) is 15.4. The summed E-state index contributed by atoms with van der Waals surface area (Å²) >= 11 is 0. The summed E-state index contributed by atoms with van der Waals surface area (Å²) in [4.78, 5) is 23.4. The number of rotatable bonds is 6. The Balaban J connectivity index is 2.00. The van der Waals surface area contributed by atoms with Gasteiger partial charge in [0.25, 0.3) is 5.56 Å². The second-order valence-electron chi connectivity index (χ2n) is 8.09. The second kappa shape index (κ2) is 7.86. The van der Waals surface area contributed by atoms with Crippen molar-refractivity contribution in [1.29, 1.82) is 0 Å². The molecule has 4 rings (SSSR count). The maximum atomic E-state index is 13.5. The first kappa shape index (κ1) is 23.3. The van der Waals surface area contributed by atoms with Gasteiger partial charge in [-0.05, 0) is 31.9 Å². The summed E-state index contributed by atoms with van der Waals surface area (Å²) < 4.78 is 68.4. The lowest BCUT2D eigenvalue weighted by Gasteiger charge is -2.20. The Morgan fingerprint density at radius 2 is 1.88 bits per heavy atom. The molecular weight excluding hydrogens is 459 g/mol. The fraction of sp³-hybridized carbons (Fsp3) is 0.476. The van der Waals surface area contributed by atoms with Crippen molar-refractivity contribution in [1.82, 2.24) is 19.1 Å². The molecule has 3 aromatic rings. The van der Waals surface area contributed by atoms with Crippen molar-refractivity contribution < 1.29 is 21.6 Å². The van der Waals surface area contributed by atoms with Gasteiger partial charge >= 0.3 is 6.18 Å². The van der Waals surface area contributed by atoms with Gasteiger partial charge in [-0.15, -0.1) is 0 Å². The summed E-state index contributed by atoms with van der Waals surface area (Å²) in [6, 6.07) is 2.65. The minimum atomic E-state index is -4.74. The predicted octanol–water partition coefficient (Wildman–Crippen LogP) is 3.23. The van der Waals surface area contributed by atoms with Crippen LogP contribution < -0.4 is 10.5 Å². The van der Waals surface area contributed by atoms with Crippen molar-refractivity contribution in [3.63, 3.8) is 0 Å². The van der Waals surface area contributed by atoms with E-state index in [4.69, 9.17) is 0 Å². The van der Waals surface area contributed by atoms with Gasteiger partial charge in [0.2, 0.25) is 0 Å². The maximum Gasteiger partial charge on any atom is 0.431 e. The summed E-state index contributed by atoms with van der Waals surface area (Å²) in [6.07, 6.45) is -1.22. The van der Waals surface area contributed by atoms with Crippen LogP contribution in [-0.4, -0.2) is 46.4 Å². The lowest BCUT2D eigenvalue weighted by molar-refractivity contribution is -0.144. The van der Waals surface area contributed by atoms with Gasteiger partial charge in [0, 0.05) is 26.7 Å². The van der Waals surface area contributed by atoms with E-state index in [1.165, 1.54) is 37.7 Å². The summed E-state index contributed by atoms with van der Waals surface area (Å²) in [5.74, 6) is -0.181. The lowest BCUT2D eigenvalue weighted by Crippen LogP contribution is -2.28. The van der Waals surface area contributed by atoms with Crippen LogP contribution in [0.4, 0.5) is 18.9 Å². The first-order valence-electron chi connectivity index (χ1n) is 10.5. The van der Waals surface area contributed by atoms with Gasteiger partial charge in [-0.3, -0.25) is 4.79 Å². The molecule has 1 saturated carbocycles. The molecule has 0 radical (unpaired) electrons. The van der Waals surface area contributed by atoms with Crippen molar-refractivity contribution in [3.8, 4) is 11.5 Å². The highest BCUT2D eigenvalue weighted by atomic mass is 32.2. The number of hydrogen-bond donors (Lipinski definition) is 0. The van der Waals surface area contributed by atoms with Gasteiger partial charge in [0.05, 0.1) is 28.0 Å². The molecule has 0 N–H and O–H groups in total. The van der Waals surface area contributed by atoms with Gasteiger partial charge in [-0.1, -0.05) is 6.92 Å². The van der Waals surface area contributed by atoms with Crippen molar-refractivity contribution in [2.45, 2.75) is 50.3 Å². The standard InChI is InChI=1S/C21H24F3N5O3S/c1-5-29-16(21(22,23)24)10-14-18(20(29)30)28(4)19(26-14)17-15(33(31,32)6-2)9-13(11-25-17)27(3)12-7-8-12/h9-12H,5-8H2,1-4H3. The fourth-order valence-corrected chi connectivity index (χ4v) is 4.99. The zero-order valence-electron chi connectivity index (χ0n) is 18.6. The molecule has 0 saturated heterocycles. The highest BCUT2D eigenvalue weighted by molar-refractivity contribution is 7.91. The van der Waals surface area contributed by atoms with E-state index >= 15 is 0 Å². The van der Waals surface area contributed by atoms with Crippen LogP contribution >= 0.6 is 0 Å². The molecule has 0 bridgehead atoms. The average Bonchev–Trinajstić information content (AvgIpc) is 3.55. The van der Waals surface area contributed by atoms with Gasteiger partial charge in [-0.25, -0.2) is 18.4 Å². The number of halogens is 3. The maximum absolute atomic E-state index is 13.5. The lowest BCUT2D eigenvalue weighted by atomic mass is 10.3. The van der Waals surface area contributed by atoms with Crippen molar-refractivity contribution >= 4 is 26.6 Å². The third-order valence-electron chi connectivity index (χ3n) is 6.01. The van der Waals surface area contributed by atoms with Gasteiger partial charge in [-0.2, -0.15) is 13.2 Å². The number of alkyl halides is 3. The molecule has 1 aliphatic carbocycles. The van der Waals surface area contributed by atoms with Crippen LogP contribution in [0.2, 0.25) is 0 Å². The molecule has 12 heteroatoms. The molecule has 3 heterocycles. The summed E-state index contributed by atoms with van der Waals surface area (Å²) in [5.41, 5.74) is -1.56. The highest BCUT2D eigenvalue weighted by Crippen LogP contribution is 2.35. The molecule has 0 aromatic carbocycles. The summed E-state index contributed by atoms with van der Waals surface area (Å²) in [5, 5.41) is 0. The molecule has 0 unspecified atom stereocenters. The van der Waals surface area contributed by atoms with Crippen LogP contribution in [0.3, 0.4) is 0 Å². The SMILES string of the molecule is CCn1c(C(F)(F)F)cc2nc(-c3ncc(N(C)C4CC4)cc3S(=O)(=O)CC)n(C)c2c1=O. The number of aromatic nitrogens is 4. The van der Waals surface area contributed by atoms with Crippen LogP contribution in [0.15, 0.2) is 28.0 Å². The van der Waals surface area contributed by atoms with E-state index in [9.17, 15) is 26.4 Å². The van der Waals surface area contributed by atoms with E-state index in [2.05, 4.69) is 9.97 Å². The van der Waals surface area contributed by atoms with Crippen molar-refractivity contribution in [2.75, 3.05) is 17.7 Å². The summed E-state index contributed by atoms with van der Waals surface area (Å²) in [6.45, 7) is 2.77. The minimum Gasteiger partial charge on any atom is -0.370 e. The van der Waals surface area contributed by atoms with E-state index in [1.807, 2.05) is 11.9 Å². The topological polar surface area (TPSA) is 90.1 Å². The number of imidazole rings is 1. The quantitative estimate of drug-likeness (QED) is 0.535. The van der Waals surface area contributed by atoms with Gasteiger partial charge in [0.15, 0.2) is 15.7 Å². The van der Waals surface area contributed by atoms with E-state index in [1.54, 1.807) is 0 Å². The second-order valence-corrected chi connectivity index (χ2v) is 10.3. The number of anilines is 1. The minimum absolute atomic E-state index is 0.000459. The zero-order valence-corrected chi connectivity index (χ0v) is 19.5. The van der Waals surface area contributed by atoms with Crippen molar-refractivity contribution in [3.05, 3.63) is 34.4 Å². The molecule has 8 nitrogen and oxygen atoms in total. The number of aryl methyl sites for hydroxylation is 1. The zero-order chi connectivity index (χ0) is 24.3. The van der Waals surface area contributed by atoms with E-state index < -0.39 is 27.3 Å². The Morgan fingerprint density at radius 1 is 1.21 bits per heavy atom. The Morgan fingerprint density at radius 3 is 2.42 bits per heavy atom. The fourth-order valence-electron chi connectivity index (χ4n) is 3.94. The van der Waals surface area contributed by atoms with Crippen LogP contribution in [-0.2, 0) is 29.6 Å². The molecule has 1 fully saturated rings. The van der Waals surface area contributed by atoms with Crippen LogP contribution in [0.1, 0.15) is 32.4 Å². The molecule has 1 aliphatic rings. The molecule has 0 atom stereocenters. The molecule has 33 heavy (non-hydrogen) atoms. The average molecular weight is 484 g/mol. The number of hydrogen-bond acceptors (Lipinski definition) is 6. The smallest absolute Gasteiger partial charge is 0.370 e. The van der Waals surface area contributed by atoms with Crippen LogP contribution in [0, 0.1) is 0 Å². The molecule has 0 spiro atoms. The first-order valence-corrected chi connectivity index (χ1v) is 12.2. The highest BCUT2D eigenvalue weighted by Gasteiger charge is 2.36. The van der Waals surface area contributed by atoms with E-state index in [-0.39, 0.29) is 39.7 Å². The largest absolute Gasteiger partial charge is 0.431 e. The predicted molar refractivity (Wildman–Crippen MR) is 118 cm³/mol. The molecular formula is C21H24F3N5O3S. The molecule has 3 aromatic heterocycles. The Labute approximate surface area is 188 Å². The third kappa shape index (κ3) is 3.90. The van der Waals surface area contributed by atoms with Gasteiger partial charge < -0.3 is 14.0 Å². The molecule has 0 amide bonds. The Bertz CT molecular complexity index is 1410. The number of fused-ring (bicyclic) bond motifs is 1. The van der Waals surface area contributed by atoms with E-state index in [0.717, 1.165) is 18.9 Å². The van der Waals surface area contributed by atoms with E-state index in [0.29, 0.717) is 16.3 Å². The third-order valence-corrected chi connectivity index (χ3v) is 7.75. The van der Waals surface area contributed by atoms with Crippen LogP contribution in [0.25, 0.3) is 22.6 Å². The van der Waals surface area contributed by atoms with Crippen molar-refractivity contribution in [2.24, 2.45) is 7.05 Å². The summed E-state index contributed by atoms with van der Waals surface area (Å²) in [7, 11) is -0.428. The number of sulfone groups is 1. The normalized spacial score (nSPS) is 14.8. The number of nitrogens with zero attached hydrogens (tertiary/aromatic N) is 5. The number of pyridine rings is 2. The monoisotopic (exact) mass is 483 g/mol. The Hall–Kier alpha value is -2.89. The molecule has 0 aliphatic heterocycles.